The zero-order valence-corrected chi connectivity index (χ0v) is 8.88. The Morgan fingerprint density at radius 2 is 2.00 bits per heavy atom. The molecule has 86 valence electrons. The molecule has 0 radical (unpaired) electrons. The second-order valence-corrected chi connectivity index (χ2v) is 3.26. The number of hydrogen-bond acceptors (Lipinski definition) is 7. The normalized spacial score (nSPS) is 10.3. The third-order valence-electron chi connectivity index (χ3n) is 1.10. The Morgan fingerprint density at radius 3 is 2.20 bits per heavy atom. The Kier molecular flexibility index (Phi) is 5.29. The van der Waals surface area contributed by atoms with Crippen LogP contribution in [0.4, 0.5) is 9.52 Å². The van der Waals surface area contributed by atoms with Gasteiger partial charge >= 0.3 is 5.97 Å². The van der Waals surface area contributed by atoms with E-state index in [9.17, 15) is 4.39 Å². The number of carbonyl (C=O) groups excluding carboxylic acids is 1. The van der Waals surface area contributed by atoms with Crippen LogP contribution in [-0.2, 0) is 10.8 Å². The van der Waals surface area contributed by atoms with E-state index in [0.29, 0.717) is 11.3 Å². The molecule has 0 atom stereocenters. The maximum Gasteiger partial charge on any atom is 0.318 e. The third-order valence-corrected chi connectivity index (χ3v) is 2.24. The SMILES string of the molecule is CC=O.CNc1nc(F)c(C(O)(O)O)s1. The van der Waals surface area contributed by atoms with Gasteiger partial charge in [-0.1, -0.05) is 11.3 Å². The molecule has 0 amide bonds. The van der Waals surface area contributed by atoms with Crippen molar-refractivity contribution in [2.75, 3.05) is 12.4 Å². The highest BCUT2D eigenvalue weighted by Crippen LogP contribution is 2.28. The van der Waals surface area contributed by atoms with E-state index in [1.54, 1.807) is 0 Å². The summed E-state index contributed by atoms with van der Waals surface area (Å²) in [4.78, 5) is 11.4. The summed E-state index contributed by atoms with van der Waals surface area (Å²) in [5, 5.41) is 28.4. The van der Waals surface area contributed by atoms with Gasteiger partial charge in [-0.3, -0.25) is 0 Å². The van der Waals surface area contributed by atoms with E-state index >= 15 is 0 Å². The summed E-state index contributed by atoms with van der Waals surface area (Å²) in [6.07, 6.45) is 0.750. The number of anilines is 1. The molecule has 15 heavy (non-hydrogen) atoms. The van der Waals surface area contributed by atoms with Crippen molar-refractivity contribution in [1.29, 1.82) is 0 Å². The van der Waals surface area contributed by atoms with E-state index in [4.69, 9.17) is 20.1 Å². The average Bonchev–Trinajstić information content (AvgIpc) is 2.47. The highest BCUT2D eigenvalue weighted by Gasteiger charge is 2.30. The predicted octanol–water partition coefficient (Wildman–Crippen LogP) is -0.384. The Labute approximate surface area is 89.0 Å². The predicted molar refractivity (Wildman–Crippen MR) is 51.7 cm³/mol. The molecule has 0 aliphatic carbocycles. The van der Waals surface area contributed by atoms with Crippen LogP contribution in [0.15, 0.2) is 0 Å². The van der Waals surface area contributed by atoms with E-state index in [-0.39, 0.29) is 5.13 Å². The first kappa shape index (κ1) is 13.9. The molecule has 0 saturated carbocycles. The molecule has 1 heterocycles. The first-order valence-corrected chi connectivity index (χ1v) is 4.59. The topological polar surface area (TPSA) is 103 Å². The van der Waals surface area contributed by atoms with Gasteiger partial charge in [-0.2, -0.15) is 9.37 Å². The molecule has 0 spiro atoms. The van der Waals surface area contributed by atoms with Crippen LogP contribution in [0.3, 0.4) is 0 Å². The Balaban J connectivity index is 0.000000583. The summed E-state index contributed by atoms with van der Waals surface area (Å²) in [6.45, 7) is 1.44. The van der Waals surface area contributed by atoms with Gasteiger partial charge in [-0.05, 0) is 6.92 Å². The standard InChI is InChI=1S/C5H7FN2O3S.C2H4O/c1-7-4-8-3(6)2(12-4)5(9,10)11;1-2-3/h9-11H,1H3,(H,7,8);2H,1H3. The van der Waals surface area contributed by atoms with Gasteiger partial charge < -0.3 is 25.4 Å². The Hall–Kier alpha value is -1.09. The molecule has 8 heteroatoms. The fraction of sp³-hybridized carbons (Fsp3) is 0.429. The van der Waals surface area contributed by atoms with Crippen LogP contribution in [0, 0.1) is 5.95 Å². The summed E-state index contributed by atoms with van der Waals surface area (Å²) in [5.41, 5.74) is 0. The van der Waals surface area contributed by atoms with Crippen molar-refractivity contribution in [3.8, 4) is 0 Å². The highest BCUT2D eigenvalue weighted by molar-refractivity contribution is 7.15. The van der Waals surface area contributed by atoms with Crippen LogP contribution in [0.2, 0.25) is 0 Å². The second-order valence-electron chi connectivity index (χ2n) is 2.26. The van der Waals surface area contributed by atoms with Crippen LogP contribution in [-0.4, -0.2) is 33.6 Å². The summed E-state index contributed by atoms with van der Waals surface area (Å²) < 4.78 is 12.7. The van der Waals surface area contributed by atoms with Gasteiger partial charge in [0.25, 0.3) is 0 Å². The van der Waals surface area contributed by atoms with E-state index < -0.39 is 16.8 Å². The van der Waals surface area contributed by atoms with E-state index in [0.717, 1.165) is 6.29 Å². The summed E-state index contributed by atoms with van der Waals surface area (Å²) in [5.74, 6) is -4.26. The Morgan fingerprint density at radius 1 is 1.53 bits per heavy atom. The zero-order valence-electron chi connectivity index (χ0n) is 8.06. The lowest BCUT2D eigenvalue weighted by atomic mass is 10.5. The minimum absolute atomic E-state index is 0.157. The monoisotopic (exact) mass is 238 g/mol. The number of thiazole rings is 1. The summed E-state index contributed by atoms with van der Waals surface area (Å²) in [6, 6.07) is 0. The molecular formula is C7H11FN2O4S. The lowest BCUT2D eigenvalue weighted by Gasteiger charge is -2.09. The number of halogens is 1. The number of nitrogens with zero attached hydrogens (tertiary/aromatic N) is 1. The number of nitrogens with one attached hydrogen (secondary N) is 1. The minimum atomic E-state index is -3.16. The maximum atomic E-state index is 12.7. The molecule has 1 aromatic rings. The molecule has 4 N–H and O–H groups in total. The number of aldehydes is 1. The molecule has 1 aromatic heterocycles. The van der Waals surface area contributed by atoms with Crippen LogP contribution >= 0.6 is 11.3 Å². The first-order chi connectivity index (χ1) is 6.86. The number of carbonyl (C=O) groups is 1. The molecule has 0 bridgehead atoms. The van der Waals surface area contributed by atoms with Crippen molar-refractivity contribution in [2.45, 2.75) is 12.9 Å². The van der Waals surface area contributed by atoms with Crippen LogP contribution in [0.25, 0.3) is 0 Å². The van der Waals surface area contributed by atoms with Gasteiger partial charge in [0.2, 0.25) is 5.95 Å². The average molecular weight is 238 g/mol. The van der Waals surface area contributed by atoms with Gasteiger partial charge in [-0.15, -0.1) is 0 Å². The quantitative estimate of drug-likeness (QED) is 0.413. The molecule has 0 fully saturated rings. The van der Waals surface area contributed by atoms with Crippen molar-refractivity contribution in [3.05, 3.63) is 10.8 Å². The van der Waals surface area contributed by atoms with Crippen LogP contribution < -0.4 is 5.32 Å². The minimum Gasteiger partial charge on any atom is -0.365 e. The largest absolute Gasteiger partial charge is 0.365 e. The van der Waals surface area contributed by atoms with Gasteiger partial charge in [0.15, 0.2) is 10.0 Å². The van der Waals surface area contributed by atoms with Crippen molar-refractivity contribution in [2.24, 2.45) is 0 Å². The molecule has 6 nitrogen and oxygen atoms in total. The molecule has 0 aliphatic rings. The second kappa shape index (κ2) is 5.71. The maximum absolute atomic E-state index is 12.7. The lowest BCUT2D eigenvalue weighted by molar-refractivity contribution is -0.322. The van der Waals surface area contributed by atoms with E-state index in [1.807, 2.05) is 0 Å². The first-order valence-electron chi connectivity index (χ1n) is 3.78. The van der Waals surface area contributed by atoms with Gasteiger partial charge in [0, 0.05) is 7.05 Å². The Bertz CT molecular complexity index is 323. The summed E-state index contributed by atoms with van der Waals surface area (Å²) in [7, 11) is 1.50. The van der Waals surface area contributed by atoms with E-state index in [2.05, 4.69) is 10.3 Å². The number of rotatable bonds is 2. The van der Waals surface area contributed by atoms with Crippen LogP contribution in [0.1, 0.15) is 11.8 Å². The van der Waals surface area contributed by atoms with Crippen molar-refractivity contribution < 1.29 is 24.5 Å². The van der Waals surface area contributed by atoms with Crippen molar-refractivity contribution in [3.63, 3.8) is 0 Å². The van der Waals surface area contributed by atoms with Crippen LogP contribution in [0.5, 0.6) is 0 Å². The van der Waals surface area contributed by atoms with E-state index in [1.165, 1.54) is 14.0 Å². The van der Waals surface area contributed by atoms with Gasteiger partial charge in [0.1, 0.15) is 6.29 Å². The molecular weight excluding hydrogens is 227 g/mol. The molecule has 0 aromatic carbocycles. The van der Waals surface area contributed by atoms with Gasteiger partial charge in [-0.25, -0.2) is 0 Å². The van der Waals surface area contributed by atoms with Gasteiger partial charge in [0.05, 0.1) is 0 Å². The molecule has 0 aliphatic heterocycles. The summed E-state index contributed by atoms with van der Waals surface area (Å²) >= 11 is 0.619. The lowest BCUT2D eigenvalue weighted by Crippen LogP contribution is -2.23. The molecule has 0 unspecified atom stereocenters. The fourth-order valence-corrected chi connectivity index (χ4v) is 1.30. The van der Waals surface area contributed by atoms with Crippen molar-refractivity contribution >= 4 is 22.8 Å². The number of aliphatic hydroxyl groups is 3. The molecule has 0 saturated heterocycles. The van der Waals surface area contributed by atoms with Crippen molar-refractivity contribution in [1.82, 2.24) is 4.98 Å². The highest BCUT2D eigenvalue weighted by atomic mass is 32.1. The smallest absolute Gasteiger partial charge is 0.318 e. The fourth-order valence-electron chi connectivity index (χ4n) is 0.615. The number of hydrogen-bond donors (Lipinski definition) is 4. The molecule has 1 rings (SSSR count). The number of aromatic nitrogens is 1. The zero-order chi connectivity index (χ0) is 12.1. The third kappa shape index (κ3) is 4.30.